The number of aliphatic hydroxyl groups excluding tert-OH is 1. The summed E-state index contributed by atoms with van der Waals surface area (Å²) in [7, 11) is -2.86. The van der Waals surface area contributed by atoms with Gasteiger partial charge in [-0.1, -0.05) is 0 Å². The first-order valence-electron chi connectivity index (χ1n) is 9.32. The van der Waals surface area contributed by atoms with Crippen LogP contribution in [0.5, 0.6) is 0 Å². The monoisotopic (exact) mass is 391 g/mol. The summed E-state index contributed by atoms with van der Waals surface area (Å²) in [5.41, 5.74) is -0.535. The first kappa shape index (κ1) is 21.4. The van der Waals surface area contributed by atoms with Crippen LogP contribution in [0.4, 0.5) is 4.79 Å². The standard InChI is InChI=1S/C17H33N3O5S/c1-17(2,3)25-16(22)20-7-6-19(12-15(13-20)14-21)5-4-18-8-10-26(23,24)11-9-18/h15,21H,4-14H2,1-3H3. The van der Waals surface area contributed by atoms with E-state index in [0.29, 0.717) is 26.2 Å². The van der Waals surface area contributed by atoms with Crippen molar-refractivity contribution in [2.24, 2.45) is 5.92 Å². The molecule has 152 valence electrons. The highest BCUT2D eigenvalue weighted by Crippen LogP contribution is 2.15. The number of hydrogen-bond acceptors (Lipinski definition) is 7. The average molecular weight is 392 g/mol. The number of carbonyl (C=O) groups excluding carboxylic acids is 1. The molecule has 1 atom stereocenters. The lowest BCUT2D eigenvalue weighted by molar-refractivity contribution is 0.0226. The highest BCUT2D eigenvalue weighted by Gasteiger charge is 2.29. The molecule has 2 aliphatic rings. The molecule has 0 radical (unpaired) electrons. The number of hydrogen-bond donors (Lipinski definition) is 1. The van der Waals surface area contributed by atoms with Gasteiger partial charge in [-0.05, 0) is 20.8 Å². The summed E-state index contributed by atoms with van der Waals surface area (Å²) in [4.78, 5) is 18.4. The van der Waals surface area contributed by atoms with Crippen molar-refractivity contribution >= 4 is 15.9 Å². The van der Waals surface area contributed by atoms with Gasteiger partial charge in [0.25, 0.3) is 0 Å². The van der Waals surface area contributed by atoms with Crippen molar-refractivity contribution in [2.45, 2.75) is 26.4 Å². The fourth-order valence-corrected chi connectivity index (χ4v) is 4.52. The summed E-state index contributed by atoms with van der Waals surface area (Å²) >= 11 is 0. The second kappa shape index (κ2) is 8.86. The van der Waals surface area contributed by atoms with Crippen molar-refractivity contribution in [2.75, 3.05) is 70.5 Å². The van der Waals surface area contributed by atoms with Gasteiger partial charge in [0.2, 0.25) is 0 Å². The van der Waals surface area contributed by atoms with E-state index in [9.17, 15) is 18.3 Å². The first-order chi connectivity index (χ1) is 12.1. The van der Waals surface area contributed by atoms with Gasteiger partial charge in [-0.3, -0.25) is 4.90 Å². The molecule has 2 saturated heterocycles. The van der Waals surface area contributed by atoms with E-state index in [1.165, 1.54) is 0 Å². The molecule has 1 unspecified atom stereocenters. The normalized spacial score (nSPS) is 25.7. The number of ether oxygens (including phenoxy) is 1. The Labute approximate surface area is 157 Å². The van der Waals surface area contributed by atoms with Crippen molar-refractivity contribution in [1.29, 1.82) is 0 Å². The van der Waals surface area contributed by atoms with E-state index in [-0.39, 0.29) is 30.1 Å². The second-order valence-electron chi connectivity index (χ2n) is 8.27. The van der Waals surface area contributed by atoms with E-state index >= 15 is 0 Å². The van der Waals surface area contributed by atoms with Crippen LogP contribution in [-0.4, -0.2) is 110 Å². The molecule has 1 N–H and O–H groups in total. The minimum Gasteiger partial charge on any atom is -0.444 e. The number of aliphatic hydroxyl groups is 1. The molecule has 2 heterocycles. The van der Waals surface area contributed by atoms with Gasteiger partial charge < -0.3 is 19.6 Å². The molecule has 2 aliphatic heterocycles. The number of carbonyl (C=O) groups is 1. The first-order valence-corrected chi connectivity index (χ1v) is 11.1. The van der Waals surface area contributed by atoms with Gasteiger partial charge in [0.05, 0.1) is 11.5 Å². The molecule has 0 saturated carbocycles. The minimum atomic E-state index is -2.86. The van der Waals surface area contributed by atoms with E-state index in [1.807, 2.05) is 20.8 Å². The average Bonchev–Trinajstić information content (AvgIpc) is 2.75. The summed E-state index contributed by atoms with van der Waals surface area (Å²) < 4.78 is 28.5. The number of rotatable bonds is 4. The molecule has 0 aromatic carbocycles. The van der Waals surface area contributed by atoms with Crippen LogP contribution in [0.3, 0.4) is 0 Å². The smallest absolute Gasteiger partial charge is 0.410 e. The molecule has 0 aromatic rings. The van der Waals surface area contributed by atoms with Crippen LogP contribution in [-0.2, 0) is 14.6 Å². The Morgan fingerprint density at radius 3 is 2.23 bits per heavy atom. The molecule has 2 fully saturated rings. The summed E-state index contributed by atoms with van der Waals surface area (Å²) in [6.07, 6.45) is -0.334. The lowest BCUT2D eigenvalue weighted by Gasteiger charge is -2.30. The zero-order valence-corrected chi connectivity index (χ0v) is 17.0. The van der Waals surface area contributed by atoms with E-state index in [0.717, 1.165) is 26.2 Å². The van der Waals surface area contributed by atoms with Crippen LogP contribution in [0, 0.1) is 5.92 Å². The van der Waals surface area contributed by atoms with Crippen molar-refractivity contribution in [3.63, 3.8) is 0 Å². The predicted octanol–water partition coefficient (Wildman–Crippen LogP) is -0.122. The van der Waals surface area contributed by atoms with Gasteiger partial charge >= 0.3 is 6.09 Å². The summed E-state index contributed by atoms with van der Waals surface area (Å²) in [5, 5.41) is 9.66. The van der Waals surface area contributed by atoms with Crippen molar-refractivity contribution < 1.29 is 23.1 Å². The van der Waals surface area contributed by atoms with Crippen LogP contribution < -0.4 is 0 Å². The van der Waals surface area contributed by atoms with Crippen LogP contribution >= 0.6 is 0 Å². The third-order valence-corrected chi connectivity index (χ3v) is 6.37. The molecular formula is C17H33N3O5S. The fourth-order valence-electron chi connectivity index (χ4n) is 3.25. The highest BCUT2D eigenvalue weighted by atomic mass is 32.2. The quantitative estimate of drug-likeness (QED) is 0.714. The van der Waals surface area contributed by atoms with Crippen LogP contribution in [0.1, 0.15) is 20.8 Å². The molecule has 0 bridgehead atoms. The molecule has 26 heavy (non-hydrogen) atoms. The molecule has 0 spiro atoms. The molecule has 1 amide bonds. The van der Waals surface area contributed by atoms with Crippen molar-refractivity contribution in [3.05, 3.63) is 0 Å². The van der Waals surface area contributed by atoms with Gasteiger partial charge in [0.1, 0.15) is 5.60 Å². The van der Waals surface area contributed by atoms with Crippen molar-refractivity contribution in [1.82, 2.24) is 14.7 Å². The Kier molecular flexibility index (Phi) is 7.29. The molecule has 2 rings (SSSR count). The number of amides is 1. The van der Waals surface area contributed by atoms with Gasteiger partial charge in [0.15, 0.2) is 9.84 Å². The van der Waals surface area contributed by atoms with Gasteiger partial charge in [-0.25, -0.2) is 13.2 Å². The topological polar surface area (TPSA) is 90.4 Å². The third-order valence-electron chi connectivity index (χ3n) is 4.76. The highest BCUT2D eigenvalue weighted by molar-refractivity contribution is 7.91. The molecule has 8 nitrogen and oxygen atoms in total. The summed E-state index contributed by atoms with van der Waals surface area (Å²) in [6.45, 7) is 10.9. The van der Waals surface area contributed by atoms with Crippen molar-refractivity contribution in [3.8, 4) is 0 Å². The Morgan fingerprint density at radius 2 is 1.65 bits per heavy atom. The van der Waals surface area contributed by atoms with Gasteiger partial charge in [-0.15, -0.1) is 0 Å². The maximum Gasteiger partial charge on any atom is 0.410 e. The molecular weight excluding hydrogens is 358 g/mol. The van der Waals surface area contributed by atoms with E-state index in [4.69, 9.17) is 4.74 Å². The largest absolute Gasteiger partial charge is 0.444 e. The summed E-state index contributed by atoms with van der Waals surface area (Å²) in [5.74, 6) is 0.462. The Balaban J connectivity index is 1.85. The van der Waals surface area contributed by atoms with Crippen LogP contribution in [0.15, 0.2) is 0 Å². The van der Waals surface area contributed by atoms with Gasteiger partial charge in [0, 0.05) is 64.9 Å². The van der Waals surface area contributed by atoms with E-state index in [1.54, 1.807) is 4.90 Å². The molecule has 0 aliphatic carbocycles. The van der Waals surface area contributed by atoms with E-state index in [2.05, 4.69) is 9.80 Å². The minimum absolute atomic E-state index is 0.00764. The predicted molar refractivity (Wildman–Crippen MR) is 99.9 cm³/mol. The maximum atomic E-state index is 12.3. The Bertz CT molecular complexity index is 561. The Morgan fingerprint density at radius 1 is 1.04 bits per heavy atom. The Hall–Kier alpha value is -0.900. The zero-order chi connectivity index (χ0) is 19.4. The zero-order valence-electron chi connectivity index (χ0n) is 16.2. The second-order valence-corrected chi connectivity index (χ2v) is 10.6. The number of sulfone groups is 1. The third kappa shape index (κ3) is 7.02. The van der Waals surface area contributed by atoms with Gasteiger partial charge in [-0.2, -0.15) is 0 Å². The lowest BCUT2D eigenvalue weighted by Crippen LogP contribution is -2.45. The van der Waals surface area contributed by atoms with Crippen LogP contribution in [0.2, 0.25) is 0 Å². The summed E-state index contributed by atoms with van der Waals surface area (Å²) in [6, 6.07) is 0. The number of nitrogens with zero attached hydrogens (tertiary/aromatic N) is 3. The fraction of sp³-hybridized carbons (Fsp3) is 0.941. The molecule has 0 aromatic heterocycles. The van der Waals surface area contributed by atoms with E-state index < -0.39 is 15.4 Å². The maximum absolute atomic E-state index is 12.3. The lowest BCUT2D eigenvalue weighted by atomic mass is 10.1. The molecule has 9 heteroatoms. The SMILES string of the molecule is CC(C)(C)OC(=O)N1CCN(CCN2CCS(=O)(=O)CC2)CC(CO)C1. The van der Waals surface area contributed by atoms with Crippen LogP contribution in [0.25, 0.3) is 0 Å².